The Morgan fingerprint density at radius 1 is 1.04 bits per heavy atom. The van der Waals surface area contributed by atoms with Gasteiger partial charge in [-0.15, -0.1) is 0 Å². The predicted octanol–water partition coefficient (Wildman–Crippen LogP) is 3.28. The fourth-order valence-electron chi connectivity index (χ4n) is 4.57. The summed E-state index contributed by atoms with van der Waals surface area (Å²) in [6.07, 6.45) is 8.87. The van der Waals surface area contributed by atoms with Crippen molar-refractivity contribution in [3.8, 4) is 0 Å². The molecule has 1 unspecified atom stereocenters. The maximum absolute atomic E-state index is 4.81. The summed E-state index contributed by atoms with van der Waals surface area (Å²) in [6, 6.07) is 8.30. The highest BCUT2D eigenvalue weighted by atomic mass is 15.3. The van der Waals surface area contributed by atoms with Gasteiger partial charge in [-0.3, -0.25) is 9.80 Å². The molecule has 2 saturated heterocycles. The molecular formula is C21H29N4. The summed E-state index contributed by atoms with van der Waals surface area (Å²) in [7, 11) is 0. The minimum Gasteiger partial charge on any atom is -0.361 e. The van der Waals surface area contributed by atoms with Crippen molar-refractivity contribution in [1.29, 1.82) is 0 Å². The second kappa shape index (κ2) is 6.75. The highest BCUT2D eigenvalue weighted by molar-refractivity contribution is 5.83. The lowest BCUT2D eigenvalue weighted by Crippen LogP contribution is -2.46. The van der Waals surface area contributed by atoms with Crippen LogP contribution >= 0.6 is 0 Å². The first-order valence-electron chi connectivity index (χ1n) is 10.1. The quantitative estimate of drug-likeness (QED) is 0.929. The monoisotopic (exact) mass is 337 g/mol. The Morgan fingerprint density at radius 2 is 1.92 bits per heavy atom. The molecule has 0 spiro atoms. The number of hydrogen-bond donors (Lipinski definition) is 1. The van der Waals surface area contributed by atoms with E-state index >= 15 is 0 Å². The molecule has 1 N–H and O–H groups in total. The van der Waals surface area contributed by atoms with Gasteiger partial charge < -0.3 is 4.98 Å². The van der Waals surface area contributed by atoms with Gasteiger partial charge in [-0.1, -0.05) is 18.6 Å². The summed E-state index contributed by atoms with van der Waals surface area (Å²) in [6.45, 7) is 7.03. The standard InChI is InChI=1S/C21H29N4/c1-2-8-22-20(3-1)16-4-7-19-17(14-23-21(19)13-16)15-24-9-11-25(12-10-24)18-5-6-18/h4,7,13-14,18,20,23H,1-3,5-6,8-12,15H2. The van der Waals surface area contributed by atoms with Crippen LogP contribution in [0.1, 0.15) is 49.3 Å². The van der Waals surface area contributed by atoms with Gasteiger partial charge in [-0.05, 0) is 42.9 Å². The molecule has 3 heterocycles. The third-order valence-electron chi connectivity index (χ3n) is 6.28. The molecule has 0 amide bonds. The van der Waals surface area contributed by atoms with Gasteiger partial charge in [0, 0.05) is 68.5 Å². The van der Waals surface area contributed by atoms with E-state index in [9.17, 15) is 0 Å². The van der Waals surface area contributed by atoms with Crippen molar-refractivity contribution in [2.45, 2.75) is 50.7 Å². The van der Waals surface area contributed by atoms with E-state index in [1.165, 1.54) is 80.3 Å². The summed E-state index contributed by atoms with van der Waals surface area (Å²) in [4.78, 5) is 8.82. The lowest BCUT2D eigenvalue weighted by Gasteiger charge is -2.34. The van der Waals surface area contributed by atoms with Crippen LogP contribution in [-0.2, 0) is 6.54 Å². The zero-order valence-corrected chi connectivity index (χ0v) is 15.1. The Kier molecular flexibility index (Phi) is 4.28. The highest BCUT2D eigenvalue weighted by Crippen LogP contribution is 2.30. The molecule has 5 rings (SSSR count). The second-order valence-corrected chi connectivity index (χ2v) is 8.08. The fraction of sp³-hybridized carbons (Fsp3) is 0.619. The molecule has 133 valence electrons. The van der Waals surface area contributed by atoms with Gasteiger partial charge in [0.25, 0.3) is 0 Å². The van der Waals surface area contributed by atoms with Gasteiger partial charge in [0.2, 0.25) is 0 Å². The van der Waals surface area contributed by atoms with E-state index in [2.05, 4.69) is 39.2 Å². The first kappa shape index (κ1) is 15.9. The van der Waals surface area contributed by atoms with Gasteiger partial charge >= 0.3 is 0 Å². The molecule has 1 aromatic carbocycles. The molecule has 1 radical (unpaired) electrons. The molecule has 2 aromatic rings. The normalized spacial score (nSPS) is 26.3. The van der Waals surface area contributed by atoms with Gasteiger partial charge in [-0.2, -0.15) is 0 Å². The molecule has 2 aliphatic heterocycles. The molecular weight excluding hydrogens is 308 g/mol. The molecule has 3 fully saturated rings. The minimum absolute atomic E-state index is 0.417. The van der Waals surface area contributed by atoms with Gasteiger partial charge in [0.1, 0.15) is 0 Å². The first-order chi connectivity index (χ1) is 12.4. The number of aromatic nitrogens is 1. The van der Waals surface area contributed by atoms with Gasteiger partial charge in [0.15, 0.2) is 0 Å². The summed E-state index contributed by atoms with van der Waals surface area (Å²) in [5, 5.41) is 6.20. The van der Waals surface area contributed by atoms with Crippen molar-refractivity contribution in [3.05, 3.63) is 35.5 Å². The van der Waals surface area contributed by atoms with E-state index in [1.54, 1.807) is 0 Å². The van der Waals surface area contributed by atoms with Crippen LogP contribution in [-0.4, -0.2) is 53.5 Å². The molecule has 4 heteroatoms. The Bertz CT molecular complexity index is 719. The van der Waals surface area contributed by atoms with Gasteiger partial charge in [0.05, 0.1) is 0 Å². The van der Waals surface area contributed by atoms with Crippen molar-refractivity contribution < 1.29 is 0 Å². The van der Waals surface area contributed by atoms with Crippen LogP contribution in [0.2, 0.25) is 0 Å². The molecule has 0 bridgehead atoms. The third-order valence-corrected chi connectivity index (χ3v) is 6.28. The average molecular weight is 337 g/mol. The summed E-state index contributed by atoms with van der Waals surface area (Å²) in [5.41, 5.74) is 4.12. The van der Waals surface area contributed by atoms with Gasteiger partial charge in [-0.25, -0.2) is 5.32 Å². The van der Waals surface area contributed by atoms with E-state index in [0.29, 0.717) is 6.04 Å². The topological polar surface area (TPSA) is 36.4 Å². The predicted molar refractivity (Wildman–Crippen MR) is 102 cm³/mol. The Morgan fingerprint density at radius 3 is 2.68 bits per heavy atom. The molecule has 1 saturated carbocycles. The van der Waals surface area contributed by atoms with Crippen molar-refractivity contribution in [1.82, 2.24) is 20.1 Å². The number of piperazine rings is 1. The molecule has 1 aliphatic carbocycles. The summed E-state index contributed by atoms with van der Waals surface area (Å²) in [5.74, 6) is 0. The van der Waals surface area contributed by atoms with Crippen LogP contribution in [0.25, 0.3) is 10.9 Å². The van der Waals surface area contributed by atoms with Crippen LogP contribution in [0.3, 0.4) is 0 Å². The number of H-pyrrole nitrogens is 1. The fourth-order valence-corrected chi connectivity index (χ4v) is 4.57. The summed E-state index contributed by atoms with van der Waals surface area (Å²) < 4.78 is 0. The van der Waals surface area contributed by atoms with Crippen LogP contribution in [0.4, 0.5) is 0 Å². The molecule has 4 nitrogen and oxygen atoms in total. The zero-order valence-electron chi connectivity index (χ0n) is 15.1. The van der Waals surface area contributed by atoms with Crippen LogP contribution in [0, 0.1) is 0 Å². The Labute approximate surface area is 150 Å². The largest absolute Gasteiger partial charge is 0.361 e. The van der Waals surface area contributed by atoms with Crippen molar-refractivity contribution in [3.63, 3.8) is 0 Å². The SMILES string of the molecule is c1cc2c(CN3CCN(C4CC4)CC3)c[nH]c2cc1C1CCCC[N]1. The van der Waals surface area contributed by atoms with Crippen molar-refractivity contribution >= 4 is 10.9 Å². The van der Waals surface area contributed by atoms with E-state index in [0.717, 1.165) is 19.1 Å². The van der Waals surface area contributed by atoms with Crippen molar-refractivity contribution in [2.75, 3.05) is 32.7 Å². The minimum atomic E-state index is 0.417. The van der Waals surface area contributed by atoms with Crippen LogP contribution < -0.4 is 5.32 Å². The number of nitrogens with zero attached hydrogens (tertiary/aromatic N) is 3. The Balaban J connectivity index is 1.27. The maximum Gasteiger partial charge on any atom is 0.0496 e. The molecule has 1 aromatic heterocycles. The number of benzene rings is 1. The third kappa shape index (κ3) is 3.35. The number of aromatic amines is 1. The van der Waals surface area contributed by atoms with Crippen LogP contribution in [0.5, 0.6) is 0 Å². The molecule has 3 aliphatic rings. The van der Waals surface area contributed by atoms with E-state index in [1.807, 2.05) is 0 Å². The van der Waals surface area contributed by atoms with E-state index < -0.39 is 0 Å². The smallest absolute Gasteiger partial charge is 0.0496 e. The van der Waals surface area contributed by atoms with E-state index in [4.69, 9.17) is 5.32 Å². The number of fused-ring (bicyclic) bond motifs is 1. The maximum atomic E-state index is 4.81. The number of nitrogens with one attached hydrogen (secondary N) is 1. The number of rotatable bonds is 4. The number of piperidine rings is 1. The lowest BCUT2D eigenvalue weighted by atomic mass is 9.96. The van der Waals surface area contributed by atoms with Crippen molar-refractivity contribution in [2.24, 2.45) is 0 Å². The zero-order chi connectivity index (χ0) is 16.6. The van der Waals surface area contributed by atoms with E-state index in [-0.39, 0.29) is 0 Å². The average Bonchev–Trinajstić information content (AvgIpc) is 3.45. The second-order valence-electron chi connectivity index (χ2n) is 8.08. The number of hydrogen-bond acceptors (Lipinski definition) is 2. The molecule has 25 heavy (non-hydrogen) atoms. The Hall–Kier alpha value is -1.36. The molecule has 1 atom stereocenters. The lowest BCUT2D eigenvalue weighted by molar-refractivity contribution is 0.122. The van der Waals surface area contributed by atoms with Crippen LogP contribution in [0.15, 0.2) is 24.4 Å². The first-order valence-corrected chi connectivity index (χ1v) is 10.1. The summed E-state index contributed by atoms with van der Waals surface area (Å²) >= 11 is 0. The highest BCUT2D eigenvalue weighted by Gasteiger charge is 2.31.